The number of amides is 1. The fourth-order valence-electron chi connectivity index (χ4n) is 1.75. The van der Waals surface area contributed by atoms with Crippen LogP contribution in [0.4, 0.5) is 4.79 Å². The van der Waals surface area contributed by atoms with E-state index in [0.717, 1.165) is 18.8 Å². The SMILES string of the molecule is CCNC(=NCc1ncnn1C)NCCCNC(=O)OC(C)(C)C.I. The van der Waals surface area contributed by atoms with Crippen molar-refractivity contribution in [3.8, 4) is 0 Å². The molecule has 0 bridgehead atoms. The Balaban J connectivity index is 0.00000576. The molecule has 1 rings (SSSR count). The summed E-state index contributed by atoms with van der Waals surface area (Å²) in [5.41, 5.74) is -0.479. The predicted octanol–water partition coefficient (Wildman–Crippen LogP) is 1.40. The van der Waals surface area contributed by atoms with E-state index < -0.39 is 11.7 Å². The second-order valence-corrected chi connectivity index (χ2v) is 6.20. The summed E-state index contributed by atoms with van der Waals surface area (Å²) in [6, 6.07) is 0. The van der Waals surface area contributed by atoms with Crippen molar-refractivity contribution >= 4 is 36.0 Å². The van der Waals surface area contributed by atoms with E-state index >= 15 is 0 Å². The van der Waals surface area contributed by atoms with E-state index in [0.29, 0.717) is 25.6 Å². The average Bonchev–Trinajstić information content (AvgIpc) is 2.87. The minimum atomic E-state index is -0.479. The zero-order valence-electron chi connectivity index (χ0n) is 15.6. The number of aryl methyl sites for hydroxylation is 1. The van der Waals surface area contributed by atoms with Gasteiger partial charge in [0, 0.05) is 26.7 Å². The maximum Gasteiger partial charge on any atom is 0.407 e. The molecule has 10 heteroatoms. The number of nitrogens with one attached hydrogen (secondary N) is 3. The molecule has 0 atom stereocenters. The molecule has 0 radical (unpaired) electrons. The number of ether oxygens (including phenoxy) is 1. The molecule has 144 valence electrons. The number of hydrogen-bond donors (Lipinski definition) is 3. The maximum absolute atomic E-state index is 11.5. The zero-order chi connectivity index (χ0) is 18.0. The standard InChI is InChI=1S/C15H29N7O2.HI/c1-6-16-13(19-10-12-20-11-21-22(12)5)17-8-7-9-18-14(23)24-15(2,3)4;/h11H,6-10H2,1-5H3,(H,18,23)(H2,16,17,19);1H. The third-order valence-electron chi connectivity index (χ3n) is 2.84. The lowest BCUT2D eigenvalue weighted by molar-refractivity contribution is 0.0527. The van der Waals surface area contributed by atoms with Crippen LogP contribution in [0.3, 0.4) is 0 Å². The van der Waals surface area contributed by atoms with Gasteiger partial charge in [0.1, 0.15) is 24.3 Å². The summed E-state index contributed by atoms with van der Waals surface area (Å²) in [5.74, 6) is 1.50. The lowest BCUT2D eigenvalue weighted by Crippen LogP contribution is -2.39. The van der Waals surface area contributed by atoms with Gasteiger partial charge < -0.3 is 20.7 Å². The third-order valence-corrected chi connectivity index (χ3v) is 2.84. The Hall–Kier alpha value is -1.59. The highest BCUT2D eigenvalue weighted by Gasteiger charge is 2.15. The minimum Gasteiger partial charge on any atom is -0.444 e. The number of rotatable bonds is 7. The van der Waals surface area contributed by atoms with Crippen LogP contribution < -0.4 is 16.0 Å². The van der Waals surface area contributed by atoms with Gasteiger partial charge in [-0.05, 0) is 34.1 Å². The Morgan fingerprint density at radius 3 is 2.52 bits per heavy atom. The highest BCUT2D eigenvalue weighted by Crippen LogP contribution is 2.06. The van der Waals surface area contributed by atoms with E-state index in [-0.39, 0.29) is 24.0 Å². The molecular formula is C15H30IN7O2. The van der Waals surface area contributed by atoms with Crippen LogP contribution in [0, 0.1) is 0 Å². The summed E-state index contributed by atoms with van der Waals surface area (Å²) in [7, 11) is 1.83. The van der Waals surface area contributed by atoms with Crippen molar-refractivity contribution in [2.75, 3.05) is 19.6 Å². The van der Waals surface area contributed by atoms with E-state index in [9.17, 15) is 4.79 Å². The summed E-state index contributed by atoms with van der Waals surface area (Å²) in [4.78, 5) is 20.1. The number of alkyl carbamates (subject to hydrolysis) is 1. The first-order valence-corrected chi connectivity index (χ1v) is 8.13. The van der Waals surface area contributed by atoms with Gasteiger partial charge in [-0.3, -0.25) is 4.68 Å². The number of aromatic nitrogens is 3. The van der Waals surface area contributed by atoms with Gasteiger partial charge in [-0.2, -0.15) is 5.10 Å². The quantitative estimate of drug-likeness (QED) is 0.242. The highest BCUT2D eigenvalue weighted by molar-refractivity contribution is 14.0. The first-order valence-electron chi connectivity index (χ1n) is 8.13. The van der Waals surface area contributed by atoms with Gasteiger partial charge in [0.2, 0.25) is 0 Å². The Kier molecular flexibility index (Phi) is 11.1. The highest BCUT2D eigenvalue weighted by atomic mass is 127. The van der Waals surface area contributed by atoms with Crippen LogP contribution in [0.5, 0.6) is 0 Å². The molecule has 3 N–H and O–H groups in total. The first-order chi connectivity index (χ1) is 11.3. The number of carbonyl (C=O) groups excluding carboxylic acids is 1. The Morgan fingerprint density at radius 2 is 1.96 bits per heavy atom. The number of guanidine groups is 1. The van der Waals surface area contributed by atoms with Crippen LogP contribution in [-0.2, 0) is 18.3 Å². The first kappa shape index (κ1) is 23.4. The van der Waals surface area contributed by atoms with Gasteiger partial charge in [0.05, 0.1) is 0 Å². The molecule has 0 spiro atoms. The van der Waals surface area contributed by atoms with Gasteiger partial charge >= 0.3 is 6.09 Å². The number of carbonyl (C=O) groups is 1. The third kappa shape index (κ3) is 10.8. The summed E-state index contributed by atoms with van der Waals surface area (Å²) in [5, 5.41) is 13.1. The van der Waals surface area contributed by atoms with Crippen molar-refractivity contribution in [2.24, 2.45) is 12.0 Å². The molecule has 0 aliphatic heterocycles. The largest absolute Gasteiger partial charge is 0.444 e. The summed E-state index contributed by atoms with van der Waals surface area (Å²) in [6.45, 7) is 9.94. The van der Waals surface area contributed by atoms with Crippen LogP contribution in [-0.4, -0.2) is 52.1 Å². The van der Waals surface area contributed by atoms with Crippen molar-refractivity contribution in [3.63, 3.8) is 0 Å². The molecule has 0 aromatic carbocycles. The van der Waals surface area contributed by atoms with Crippen LogP contribution in [0.25, 0.3) is 0 Å². The predicted molar refractivity (Wildman–Crippen MR) is 108 cm³/mol. The smallest absolute Gasteiger partial charge is 0.407 e. The van der Waals surface area contributed by atoms with Crippen molar-refractivity contribution < 1.29 is 9.53 Å². The van der Waals surface area contributed by atoms with Gasteiger partial charge in [-0.15, -0.1) is 24.0 Å². The number of halogens is 1. The molecule has 1 aromatic heterocycles. The topological polar surface area (TPSA) is 105 Å². The van der Waals surface area contributed by atoms with Gasteiger partial charge in [0.25, 0.3) is 0 Å². The van der Waals surface area contributed by atoms with Crippen molar-refractivity contribution in [3.05, 3.63) is 12.2 Å². The molecule has 1 amide bonds. The lowest BCUT2D eigenvalue weighted by atomic mass is 10.2. The maximum atomic E-state index is 11.5. The zero-order valence-corrected chi connectivity index (χ0v) is 18.0. The van der Waals surface area contributed by atoms with Crippen LogP contribution >= 0.6 is 24.0 Å². The lowest BCUT2D eigenvalue weighted by Gasteiger charge is -2.19. The van der Waals surface area contributed by atoms with Crippen LogP contribution in [0.15, 0.2) is 11.3 Å². The van der Waals surface area contributed by atoms with E-state index in [4.69, 9.17) is 4.74 Å². The summed E-state index contributed by atoms with van der Waals surface area (Å²) in [6.07, 6.45) is 1.87. The molecule has 0 fully saturated rings. The van der Waals surface area contributed by atoms with Gasteiger partial charge in [0.15, 0.2) is 5.96 Å². The van der Waals surface area contributed by atoms with Crippen LogP contribution in [0.1, 0.15) is 39.9 Å². The van der Waals surface area contributed by atoms with Gasteiger partial charge in [-0.25, -0.2) is 14.8 Å². The van der Waals surface area contributed by atoms with Crippen molar-refractivity contribution in [2.45, 2.75) is 46.3 Å². The average molecular weight is 467 g/mol. The molecule has 1 heterocycles. The molecule has 0 unspecified atom stereocenters. The fourth-order valence-corrected chi connectivity index (χ4v) is 1.75. The summed E-state index contributed by atoms with van der Waals surface area (Å²) < 4.78 is 6.87. The molecule has 25 heavy (non-hydrogen) atoms. The Bertz CT molecular complexity index is 540. The van der Waals surface area contributed by atoms with Crippen molar-refractivity contribution in [1.29, 1.82) is 0 Å². The second-order valence-electron chi connectivity index (χ2n) is 6.20. The Labute approximate surface area is 166 Å². The molecule has 0 aliphatic carbocycles. The van der Waals surface area contributed by atoms with Crippen LogP contribution in [0.2, 0.25) is 0 Å². The van der Waals surface area contributed by atoms with Crippen molar-refractivity contribution in [1.82, 2.24) is 30.7 Å². The molecule has 0 saturated heterocycles. The molecule has 0 aliphatic rings. The minimum absolute atomic E-state index is 0. The molecule has 1 aromatic rings. The molecular weight excluding hydrogens is 437 g/mol. The Morgan fingerprint density at radius 1 is 1.28 bits per heavy atom. The summed E-state index contributed by atoms with van der Waals surface area (Å²) >= 11 is 0. The fraction of sp³-hybridized carbons (Fsp3) is 0.733. The molecule has 9 nitrogen and oxygen atoms in total. The molecule has 0 saturated carbocycles. The second kappa shape index (κ2) is 11.9. The van der Waals surface area contributed by atoms with E-state index in [2.05, 4.69) is 31.0 Å². The van der Waals surface area contributed by atoms with E-state index in [1.54, 1.807) is 4.68 Å². The van der Waals surface area contributed by atoms with E-state index in [1.807, 2.05) is 34.7 Å². The van der Waals surface area contributed by atoms with Gasteiger partial charge in [-0.1, -0.05) is 0 Å². The number of hydrogen-bond acceptors (Lipinski definition) is 5. The number of nitrogens with zero attached hydrogens (tertiary/aromatic N) is 4. The normalized spacial score (nSPS) is 11.5. The number of aliphatic imine (C=N–C) groups is 1. The van der Waals surface area contributed by atoms with E-state index in [1.165, 1.54) is 6.33 Å². The monoisotopic (exact) mass is 467 g/mol.